The summed E-state index contributed by atoms with van der Waals surface area (Å²) >= 11 is 0. The van der Waals surface area contributed by atoms with Gasteiger partial charge in [-0.1, -0.05) is 26.8 Å². The second-order valence-electron chi connectivity index (χ2n) is 6.37. The first-order valence-corrected chi connectivity index (χ1v) is 7.44. The molecule has 0 aliphatic carbocycles. The summed E-state index contributed by atoms with van der Waals surface area (Å²) in [5, 5.41) is 16.2. The maximum atomic E-state index is 5.89. The summed E-state index contributed by atoms with van der Waals surface area (Å²) in [6, 6.07) is 8.03. The molecule has 120 valence electrons. The normalized spacial score (nSPS) is 11.7. The molecule has 0 aliphatic rings. The minimum atomic E-state index is 0.0485. The minimum Gasteiger partial charge on any atom is -0.483 e. The molecule has 0 saturated carbocycles. The Labute approximate surface area is 134 Å². The third-order valence-corrected chi connectivity index (χ3v) is 3.48. The van der Waals surface area contributed by atoms with Crippen molar-refractivity contribution >= 4 is 0 Å². The van der Waals surface area contributed by atoms with Crippen LogP contribution in [-0.4, -0.2) is 30.0 Å². The van der Waals surface area contributed by atoms with Crippen molar-refractivity contribution in [1.82, 2.24) is 30.0 Å². The number of hydrogen-bond donors (Lipinski definition) is 0. The van der Waals surface area contributed by atoms with Crippen molar-refractivity contribution < 1.29 is 4.74 Å². The molecule has 0 saturated heterocycles. The van der Waals surface area contributed by atoms with E-state index in [4.69, 9.17) is 4.74 Å². The van der Waals surface area contributed by atoms with Gasteiger partial charge in [0.1, 0.15) is 11.4 Å². The van der Waals surface area contributed by atoms with E-state index in [2.05, 4.69) is 53.4 Å². The predicted molar refractivity (Wildman–Crippen MR) is 85.4 cm³/mol. The minimum absolute atomic E-state index is 0.0485. The molecular formula is C16H20N6O. The number of rotatable bonds is 4. The fourth-order valence-corrected chi connectivity index (χ4v) is 2.22. The summed E-state index contributed by atoms with van der Waals surface area (Å²) in [5.41, 5.74) is 2.16. The molecule has 2 aromatic heterocycles. The van der Waals surface area contributed by atoms with Crippen molar-refractivity contribution in [3.8, 4) is 11.4 Å². The van der Waals surface area contributed by atoms with Crippen LogP contribution >= 0.6 is 0 Å². The Hall–Kier alpha value is -2.70. The maximum absolute atomic E-state index is 5.89. The number of ether oxygens (including phenoxy) is 1. The van der Waals surface area contributed by atoms with Crippen LogP contribution < -0.4 is 4.74 Å². The van der Waals surface area contributed by atoms with E-state index in [9.17, 15) is 0 Å². The van der Waals surface area contributed by atoms with Crippen LogP contribution in [0.15, 0.2) is 36.7 Å². The second kappa shape index (κ2) is 5.83. The summed E-state index contributed by atoms with van der Waals surface area (Å²) < 4.78 is 7.69. The van der Waals surface area contributed by atoms with Crippen LogP contribution in [0.3, 0.4) is 0 Å². The van der Waals surface area contributed by atoms with Crippen LogP contribution in [0, 0.1) is 0 Å². The highest BCUT2D eigenvalue weighted by Gasteiger charge is 2.17. The molecule has 23 heavy (non-hydrogen) atoms. The van der Waals surface area contributed by atoms with Gasteiger partial charge in [-0.05, 0) is 34.4 Å². The Morgan fingerprint density at radius 3 is 2.65 bits per heavy atom. The van der Waals surface area contributed by atoms with Gasteiger partial charge >= 0.3 is 0 Å². The van der Waals surface area contributed by atoms with E-state index in [1.807, 2.05) is 18.3 Å². The fourth-order valence-electron chi connectivity index (χ4n) is 2.22. The van der Waals surface area contributed by atoms with Crippen LogP contribution in [0.5, 0.6) is 5.75 Å². The fraction of sp³-hybridized carbons (Fsp3) is 0.375. The van der Waals surface area contributed by atoms with Gasteiger partial charge in [0, 0.05) is 12.4 Å². The van der Waals surface area contributed by atoms with E-state index in [1.165, 1.54) is 10.4 Å². The van der Waals surface area contributed by atoms with Gasteiger partial charge in [0.25, 0.3) is 0 Å². The Kier molecular flexibility index (Phi) is 3.85. The smallest absolute Gasteiger partial charge is 0.212 e. The summed E-state index contributed by atoms with van der Waals surface area (Å²) in [7, 11) is 1.73. The van der Waals surface area contributed by atoms with Gasteiger partial charge < -0.3 is 4.74 Å². The second-order valence-corrected chi connectivity index (χ2v) is 6.37. The Bertz CT molecular complexity index is 785. The molecule has 7 nitrogen and oxygen atoms in total. The van der Waals surface area contributed by atoms with Crippen LogP contribution in [0.4, 0.5) is 0 Å². The van der Waals surface area contributed by atoms with Gasteiger partial charge in [-0.3, -0.25) is 0 Å². The van der Waals surface area contributed by atoms with Crippen molar-refractivity contribution in [3.63, 3.8) is 0 Å². The van der Waals surface area contributed by atoms with Crippen molar-refractivity contribution in [2.45, 2.75) is 32.8 Å². The molecule has 0 aliphatic heterocycles. The summed E-state index contributed by atoms with van der Waals surface area (Å²) in [5.74, 6) is 1.27. The topological polar surface area (TPSA) is 70.7 Å². The van der Waals surface area contributed by atoms with E-state index in [0.717, 1.165) is 11.4 Å². The molecule has 0 N–H and O–H groups in total. The lowest BCUT2D eigenvalue weighted by atomic mass is 9.87. The van der Waals surface area contributed by atoms with Crippen LogP contribution in [0.2, 0.25) is 0 Å². The number of benzene rings is 1. The summed E-state index contributed by atoms with van der Waals surface area (Å²) in [6.07, 6.45) is 3.65. The summed E-state index contributed by atoms with van der Waals surface area (Å²) in [4.78, 5) is 1.41. The van der Waals surface area contributed by atoms with Crippen LogP contribution in [0.1, 0.15) is 32.2 Å². The number of tetrazole rings is 1. The molecule has 0 atom stereocenters. The molecule has 0 fully saturated rings. The molecular weight excluding hydrogens is 292 g/mol. The van der Waals surface area contributed by atoms with Crippen molar-refractivity contribution in [2.75, 3.05) is 0 Å². The summed E-state index contributed by atoms with van der Waals surface area (Å²) in [6.45, 7) is 6.80. The van der Waals surface area contributed by atoms with E-state index < -0.39 is 0 Å². The SMILES string of the molecule is Cn1nnc(COc2ccc(C(C)(C)C)cc2-n2cccn2)n1. The molecule has 3 rings (SSSR count). The third-order valence-electron chi connectivity index (χ3n) is 3.48. The maximum Gasteiger partial charge on any atom is 0.212 e. The van der Waals surface area contributed by atoms with E-state index in [1.54, 1.807) is 17.9 Å². The first-order chi connectivity index (χ1) is 10.9. The average Bonchev–Trinajstić information content (AvgIpc) is 3.15. The van der Waals surface area contributed by atoms with E-state index >= 15 is 0 Å². The number of nitrogens with zero attached hydrogens (tertiary/aromatic N) is 6. The molecule has 3 aromatic rings. The van der Waals surface area contributed by atoms with Crippen molar-refractivity contribution in [1.29, 1.82) is 0 Å². The first-order valence-electron chi connectivity index (χ1n) is 7.44. The van der Waals surface area contributed by atoms with Crippen molar-refractivity contribution in [3.05, 3.63) is 48.0 Å². The van der Waals surface area contributed by atoms with E-state index in [0.29, 0.717) is 5.82 Å². The lowest BCUT2D eigenvalue weighted by Gasteiger charge is -2.21. The third kappa shape index (κ3) is 3.39. The Morgan fingerprint density at radius 1 is 1.22 bits per heavy atom. The highest BCUT2D eigenvalue weighted by Crippen LogP contribution is 2.30. The van der Waals surface area contributed by atoms with Crippen LogP contribution in [-0.2, 0) is 19.1 Å². The molecule has 7 heteroatoms. The van der Waals surface area contributed by atoms with Gasteiger partial charge in [-0.2, -0.15) is 9.90 Å². The van der Waals surface area contributed by atoms with Gasteiger partial charge in [-0.25, -0.2) is 4.68 Å². The zero-order chi connectivity index (χ0) is 16.4. The molecule has 0 unspecified atom stereocenters. The van der Waals surface area contributed by atoms with E-state index in [-0.39, 0.29) is 12.0 Å². The zero-order valence-electron chi connectivity index (χ0n) is 13.8. The molecule has 0 amide bonds. The highest BCUT2D eigenvalue weighted by molar-refractivity contribution is 5.50. The largest absolute Gasteiger partial charge is 0.483 e. The zero-order valence-corrected chi connectivity index (χ0v) is 13.8. The van der Waals surface area contributed by atoms with Gasteiger partial charge in [0.2, 0.25) is 5.82 Å². The number of aryl methyl sites for hydroxylation is 1. The molecule has 0 spiro atoms. The standard InChI is InChI=1S/C16H20N6O/c1-16(2,3)12-6-7-14(13(10-12)22-9-5-8-17-22)23-11-15-18-20-21(4)19-15/h5-10H,11H2,1-4H3. The molecule has 2 heterocycles. The quantitative estimate of drug-likeness (QED) is 0.739. The first kappa shape index (κ1) is 15.2. The Balaban J connectivity index is 1.92. The Morgan fingerprint density at radius 2 is 2.04 bits per heavy atom. The van der Waals surface area contributed by atoms with Crippen LogP contribution in [0.25, 0.3) is 5.69 Å². The lowest BCUT2D eigenvalue weighted by molar-refractivity contribution is 0.293. The van der Waals surface area contributed by atoms with Crippen molar-refractivity contribution in [2.24, 2.45) is 7.05 Å². The molecule has 0 radical (unpaired) electrons. The highest BCUT2D eigenvalue weighted by atomic mass is 16.5. The van der Waals surface area contributed by atoms with Gasteiger partial charge in [0.15, 0.2) is 6.61 Å². The van der Waals surface area contributed by atoms with Gasteiger partial charge in [-0.15, -0.1) is 10.2 Å². The molecule has 1 aromatic carbocycles. The molecule has 0 bridgehead atoms. The average molecular weight is 312 g/mol. The number of aromatic nitrogens is 6. The monoisotopic (exact) mass is 312 g/mol. The predicted octanol–water partition coefficient (Wildman–Crippen LogP) is 2.27. The van der Waals surface area contributed by atoms with Gasteiger partial charge in [0.05, 0.1) is 7.05 Å². The number of hydrogen-bond acceptors (Lipinski definition) is 5. The lowest BCUT2D eigenvalue weighted by Crippen LogP contribution is -2.12.